The van der Waals surface area contributed by atoms with Crippen LogP contribution < -0.4 is 0 Å². The Balaban J connectivity index is 3.25. The van der Waals surface area contributed by atoms with Crippen LogP contribution in [0.2, 0.25) is 0 Å². The maximum absolute atomic E-state index is 12.3. The second-order valence-corrected chi connectivity index (χ2v) is 5.68. The fourth-order valence-corrected chi connectivity index (χ4v) is 2.76. The van der Waals surface area contributed by atoms with Gasteiger partial charge in [0.1, 0.15) is 0 Å². The Labute approximate surface area is 109 Å². The zero-order valence-electron chi connectivity index (χ0n) is 10.3. The van der Waals surface area contributed by atoms with Crippen LogP contribution in [0.5, 0.6) is 0 Å². The molecule has 0 aliphatic carbocycles. The number of methoxy groups -OCH3 is 1. The van der Waals surface area contributed by atoms with Crippen LogP contribution in [0.25, 0.3) is 0 Å². The predicted octanol–water partition coefficient (Wildman–Crippen LogP) is 1.36. The molecule has 1 aromatic rings. The van der Waals surface area contributed by atoms with E-state index in [1.165, 1.54) is 24.3 Å². The highest BCUT2D eigenvalue weighted by Gasteiger charge is 2.28. The summed E-state index contributed by atoms with van der Waals surface area (Å²) in [6.45, 7) is -0.947. The number of alkyl halides is 2. The Morgan fingerprint density at radius 1 is 1.37 bits per heavy atom. The van der Waals surface area contributed by atoms with E-state index in [0.717, 1.165) is 14.2 Å². The van der Waals surface area contributed by atoms with Crippen LogP contribution in [0.3, 0.4) is 0 Å². The summed E-state index contributed by atoms with van der Waals surface area (Å²) >= 11 is 0. The van der Waals surface area contributed by atoms with Gasteiger partial charge in [0.2, 0.25) is 10.0 Å². The SMILES string of the molecule is COC(=O)c1ccccc1S(=O)(=O)N(C)CC(F)F. The summed E-state index contributed by atoms with van der Waals surface area (Å²) < 4.78 is 53.7. The van der Waals surface area contributed by atoms with Crippen LogP contribution in [0.4, 0.5) is 8.78 Å². The Morgan fingerprint density at radius 3 is 2.47 bits per heavy atom. The summed E-state index contributed by atoms with van der Waals surface area (Å²) in [5.74, 6) is -0.843. The number of rotatable bonds is 5. The van der Waals surface area contributed by atoms with Crippen molar-refractivity contribution in [1.82, 2.24) is 4.31 Å². The van der Waals surface area contributed by atoms with Gasteiger partial charge in [0.05, 0.1) is 24.1 Å². The third-order valence-corrected chi connectivity index (χ3v) is 4.26. The van der Waals surface area contributed by atoms with Gasteiger partial charge in [0, 0.05) is 7.05 Å². The molecular weight excluding hydrogens is 280 g/mol. The molecule has 0 heterocycles. The number of ether oxygens (including phenoxy) is 1. The third kappa shape index (κ3) is 3.48. The Bertz CT molecular complexity index is 560. The lowest BCUT2D eigenvalue weighted by Crippen LogP contribution is -2.32. The number of halogens is 2. The van der Waals surface area contributed by atoms with E-state index in [4.69, 9.17) is 0 Å². The van der Waals surface area contributed by atoms with Gasteiger partial charge in [0.25, 0.3) is 6.43 Å². The molecule has 0 saturated heterocycles. The molecule has 0 aromatic heterocycles. The van der Waals surface area contributed by atoms with Gasteiger partial charge < -0.3 is 4.74 Å². The first-order valence-electron chi connectivity index (χ1n) is 5.22. The summed E-state index contributed by atoms with van der Waals surface area (Å²) in [5, 5.41) is 0. The van der Waals surface area contributed by atoms with Crippen molar-refractivity contribution in [3.05, 3.63) is 29.8 Å². The molecule has 0 atom stereocenters. The van der Waals surface area contributed by atoms with Gasteiger partial charge >= 0.3 is 5.97 Å². The molecule has 0 spiro atoms. The fraction of sp³-hybridized carbons (Fsp3) is 0.364. The largest absolute Gasteiger partial charge is 0.465 e. The van der Waals surface area contributed by atoms with Crippen LogP contribution in [-0.2, 0) is 14.8 Å². The number of hydrogen-bond acceptors (Lipinski definition) is 4. The lowest BCUT2D eigenvalue weighted by molar-refractivity contribution is 0.0596. The standard InChI is InChI=1S/C11H13F2NO4S/c1-14(7-10(12)13)19(16,17)9-6-4-3-5-8(9)11(15)18-2/h3-6,10H,7H2,1-2H3. The highest BCUT2D eigenvalue weighted by Crippen LogP contribution is 2.20. The van der Waals surface area contributed by atoms with E-state index in [-0.39, 0.29) is 10.5 Å². The van der Waals surface area contributed by atoms with E-state index in [9.17, 15) is 22.0 Å². The van der Waals surface area contributed by atoms with Crippen molar-refractivity contribution in [2.75, 3.05) is 20.7 Å². The normalized spacial score (nSPS) is 11.9. The molecule has 1 aromatic carbocycles. The van der Waals surface area contributed by atoms with Gasteiger partial charge in [-0.1, -0.05) is 12.1 Å². The maximum atomic E-state index is 12.3. The smallest absolute Gasteiger partial charge is 0.339 e. The first-order valence-corrected chi connectivity index (χ1v) is 6.66. The monoisotopic (exact) mass is 293 g/mol. The van der Waals surface area contributed by atoms with Crippen LogP contribution >= 0.6 is 0 Å². The van der Waals surface area contributed by atoms with Crippen molar-refractivity contribution in [1.29, 1.82) is 0 Å². The fourth-order valence-electron chi connectivity index (χ4n) is 1.43. The number of sulfonamides is 1. The van der Waals surface area contributed by atoms with Gasteiger partial charge in [0.15, 0.2) is 0 Å². The predicted molar refractivity (Wildman–Crippen MR) is 63.6 cm³/mol. The molecule has 0 saturated carbocycles. The average Bonchev–Trinajstić information content (AvgIpc) is 2.37. The van der Waals surface area contributed by atoms with E-state index in [1.807, 2.05) is 0 Å². The molecule has 0 aliphatic heterocycles. The van der Waals surface area contributed by atoms with Crippen molar-refractivity contribution < 1.29 is 26.7 Å². The van der Waals surface area contributed by atoms with E-state index in [1.54, 1.807) is 0 Å². The summed E-state index contributed by atoms with van der Waals surface area (Å²) in [6, 6.07) is 5.28. The van der Waals surface area contributed by atoms with Crippen LogP contribution in [0, 0.1) is 0 Å². The van der Waals surface area contributed by atoms with Gasteiger partial charge in [-0.15, -0.1) is 0 Å². The number of benzene rings is 1. The van der Waals surface area contributed by atoms with Crippen LogP contribution in [-0.4, -0.2) is 45.8 Å². The molecule has 5 nitrogen and oxygen atoms in total. The number of nitrogens with zero attached hydrogens (tertiary/aromatic N) is 1. The Kier molecular flexibility index (Phi) is 4.96. The second-order valence-electron chi connectivity index (χ2n) is 3.66. The van der Waals surface area contributed by atoms with Crippen LogP contribution in [0.1, 0.15) is 10.4 Å². The molecule has 1 rings (SSSR count). The first-order chi connectivity index (χ1) is 8.80. The quantitative estimate of drug-likeness (QED) is 0.769. The summed E-state index contributed by atoms with van der Waals surface area (Å²) in [6.07, 6.45) is -2.80. The van der Waals surface area contributed by atoms with Crippen molar-refractivity contribution in [2.24, 2.45) is 0 Å². The van der Waals surface area contributed by atoms with Gasteiger partial charge in [-0.05, 0) is 12.1 Å². The highest BCUT2D eigenvalue weighted by atomic mass is 32.2. The molecular formula is C11H13F2NO4S. The van der Waals surface area contributed by atoms with Crippen molar-refractivity contribution in [2.45, 2.75) is 11.3 Å². The van der Waals surface area contributed by atoms with Crippen molar-refractivity contribution in [3.63, 3.8) is 0 Å². The molecule has 0 aliphatic rings. The van der Waals surface area contributed by atoms with Gasteiger partial charge in [-0.25, -0.2) is 22.0 Å². The summed E-state index contributed by atoms with van der Waals surface area (Å²) in [7, 11) is -2.04. The topological polar surface area (TPSA) is 63.7 Å². The van der Waals surface area contributed by atoms with Crippen LogP contribution in [0.15, 0.2) is 29.2 Å². The minimum Gasteiger partial charge on any atom is -0.465 e. The molecule has 106 valence electrons. The molecule has 0 radical (unpaired) electrons. The first kappa shape index (κ1) is 15.5. The molecule has 8 heteroatoms. The third-order valence-electron chi connectivity index (χ3n) is 2.38. The minimum atomic E-state index is -4.17. The lowest BCUT2D eigenvalue weighted by Gasteiger charge is -2.18. The van der Waals surface area contributed by atoms with Gasteiger partial charge in [-0.2, -0.15) is 4.31 Å². The van der Waals surface area contributed by atoms with E-state index >= 15 is 0 Å². The minimum absolute atomic E-state index is 0.189. The van der Waals surface area contributed by atoms with E-state index < -0.39 is 29.0 Å². The molecule has 19 heavy (non-hydrogen) atoms. The zero-order valence-corrected chi connectivity index (χ0v) is 11.2. The number of carbonyl (C=O) groups is 1. The summed E-state index contributed by atoms with van der Waals surface area (Å²) in [5.41, 5.74) is -0.189. The number of hydrogen-bond donors (Lipinski definition) is 0. The maximum Gasteiger partial charge on any atom is 0.339 e. The Hall–Kier alpha value is -1.54. The van der Waals surface area contributed by atoms with Crippen molar-refractivity contribution in [3.8, 4) is 0 Å². The Morgan fingerprint density at radius 2 is 1.95 bits per heavy atom. The number of carbonyl (C=O) groups excluding carboxylic acids is 1. The average molecular weight is 293 g/mol. The molecule has 0 fully saturated rings. The molecule has 0 bridgehead atoms. The van der Waals surface area contributed by atoms with Gasteiger partial charge in [-0.3, -0.25) is 0 Å². The highest BCUT2D eigenvalue weighted by molar-refractivity contribution is 7.89. The molecule has 0 N–H and O–H groups in total. The second kappa shape index (κ2) is 6.07. The van der Waals surface area contributed by atoms with E-state index in [0.29, 0.717) is 4.31 Å². The molecule has 0 unspecified atom stereocenters. The molecule has 0 amide bonds. The summed E-state index contributed by atoms with van der Waals surface area (Å²) in [4.78, 5) is 11.1. The lowest BCUT2D eigenvalue weighted by atomic mass is 10.2. The number of esters is 1. The van der Waals surface area contributed by atoms with E-state index in [2.05, 4.69) is 4.74 Å². The zero-order chi connectivity index (χ0) is 14.6. The van der Waals surface area contributed by atoms with Crippen molar-refractivity contribution >= 4 is 16.0 Å².